The van der Waals surface area contributed by atoms with E-state index in [0.29, 0.717) is 10.1 Å². The van der Waals surface area contributed by atoms with Crippen LogP contribution in [0.2, 0.25) is 0 Å². The molecule has 142 valence electrons. The minimum atomic E-state index is -0.218. The van der Waals surface area contributed by atoms with Crippen molar-refractivity contribution in [3.05, 3.63) is 65.3 Å². The van der Waals surface area contributed by atoms with Crippen molar-refractivity contribution in [1.82, 2.24) is 14.5 Å². The number of amidine groups is 1. The summed E-state index contributed by atoms with van der Waals surface area (Å²) in [4.78, 5) is 23.6. The molecule has 4 rings (SSSR count). The lowest BCUT2D eigenvalue weighted by Crippen LogP contribution is -2.17. The molecule has 1 aromatic heterocycles. The zero-order valence-corrected chi connectivity index (χ0v) is 16.6. The van der Waals surface area contributed by atoms with Crippen LogP contribution in [-0.2, 0) is 11.3 Å². The van der Waals surface area contributed by atoms with Crippen LogP contribution in [0.3, 0.4) is 0 Å². The van der Waals surface area contributed by atoms with Crippen molar-refractivity contribution < 1.29 is 4.79 Å². The summed E-state index contributed by atoms with van der Waals surface area (Å²) in [6.07, 6.45) is 3.75. The fourth-order valence-corrected chi connectivity index (χ4v) is 3.74. The predicted molar refractivity (Wildman–Crippen MR) is 116 cm³/mol. The zero-order chi connectivity index (χ0) is 19.5. The number of fused-ring (bicyclic) bond motifs is 1. The van der Waals surface area contributed by atoms with E-state index in [2.05, 4.69) is 44.9 Å². The van der Waals surface area contributed by atoms with E-state index in [9.17, 15) is 4.79 Å². The molecule has 0 radical (unpaired) electrons. The molecule has 1 aliphatic heterocycles. The number of para-hydroxylation sites is 1. The van der Waals surface area contributed by atoms with Crippen molar-refractivity contribution in [1.29, 1.82) is 0 Å². The number of hydrogen-bond donors (Lipinski definition) is 1. The molecule has 1 amide bonds. The van der Waals surface area contributed by atoms with Crippen molar-refractivity contribution in [2.45, 2.75) is 6.54 Å². The zero-order valence-electron chi connectivity index (χ0n) is 15.8. The third-order valence-corrected chi connectivity index (χ3v) is 5.28. The number of rotatable bonds is 5. The maximum absolute atomic E-state index is 12.3. The number of imidazole rings is 1. The van der Waals surface area contributed by atoms with Crippen LogP contribution in [0.5, 0.6) is 0 Å². The predicted octanol–water partition coefficient (Wildman–Crippen LogP) is 3.68. The van der Waals surface area contributed by atoms with Gasteiger partial charge in [0.25, 0.3) is 5.91 Å². The van der Waals surface area contributed by atoms with E-state index in [1.807, 2.05) is 54.9 Å². The molecule has 2 heterocycles. The highest BCUT2D eigenvalue weighted by atomic mass is 32.2. The quantitative estimate of drug-likeness (QED) is 0.672. The summed E-state index contributed by atoms with van der Waals surface area (Å²) in [7, 11) is 4.11. The summed E-state index contributed by atoms with van der Waals surface area (Å²) in [5.41, 5.74) is 3.89. The Labute approximate surface area is 168 Å². The maximum Gasteiger partial charge on any atom is 0.286 e. The second-order valence-electron chi connectivity index (χ2n) is 6.81. The second-order valence-corrected chi connectivity index (χ2v) is 7.84. The molecule has 3 aromatic rings. The van der Waals surface area contributed by atoms with Crippen LogP contribution in [0.4, 0.5) is 5.69 Å². The number of aliphatic imine (C=N–C) groups is 1. The molecule has 0 spiro atoms. The normalized spacial score (nSPS) is 15.6. The summed E-state index contributed by atoms with van der Waals surface area (Å²) in [6.45, 7) is 1.80. The Hall–Kier alpha value is -2.90. The Bertz CT molecular complexity index is 1070. The third-order valence-electron chi connectivity index (χ3n) is 4.38. The highest BCUT2D eigenvalue weighted by Gasteiger charge is 2.22. The molecule has 0 unspecified atom stereocenters. The number of likely N-dealkylation sites (N-methyl/N-ethyl adjacent to an activating group) is 1. The molecule has 0 bridgehead atoms. The average molecular weight is 392 g/mol. The van der Waals surface area contributed by atoms with Gasteiger partial charge in [0.2, 0.25) is 0 Å². The molecule has 28 heavy (non-hydrogen) atoms. The molecule has 0 atom stereocenters. The number of amides is 1. The van der Waals surface area contributed by atoms with Crippen LogP contribution < -0.4 is 5.32 Å². The van der Waals surface area contributed by atoms with E-state index in [0.717, 1.165) is 35.4 Å². The standard InChI is InChI=1S/C21H21N5OS/c1-25(2)10-11-26-14-22-17-9-8-15(12-18(17)26)13-19-20(27)24-21(28-19)23-16-6-4-3-5-7-16/h3-9,12-14H,10-11H2,1-2H3,(H,23,24,27)/b19-13-. The molecule has 7 heteroatoms. The lowest BCUT2D eigenvalue weighted by molar-refractivity contribution is -0.113. The molecular weight excluding hydrogens is 370 g/mol. The van der Waals surface area contributed by atoms with Crippen LogP contribution in [0, 0.1) is 0 Å². The Morgan fingerprint density at radius 1 is 1.18 bits per heavy atom. The van der Waals surface area contributed by atoms with Gasteiger partial charge in [0.15, 0.2) is 5.17 Å². The number of aromatic nitrogens is 2. The second kappa shape index (κ2) is 8.00. The monoisotopic (exact) mass is 391 g/mol. The fraction of sp³-hybridized carbons (Fsp3) is 0.190. The van der Waals surface area contributed by atoms with Gasteiger partial charge in [-0.3, -0.25) is 4.79 Å². The van der Waals surface area contributed by atoms with Gasteiger partial charge in [-0.25, -0.2) is 4.98 Å². The summed E-state index contributed by atoms with van der Waals surface area (Å²) in [5, 5.41) is 3.78. The van der Waals surface area contributed by atoms with Crippen molar-refractivity contribution in [3.8, 4) is 0 Å². The average Bonchev–Trinajstić information content (AvgIpc) is 3.24. The van der Waals surface area contributed by atoms with E-state index in [1.54, 1.807) is 0 Å². The smallest absolute Gasteiger partial charge is 0.286 e. The molecule has 6 nitrogen and oxygen atoms in total. The van der Waals surface area contributed by atoms with Crippen LogP contribution in [0.1, 0.15) is 5.56 Å². The molecular formula is C21H21N5OS. The molecule has 2 aromatic carbocycles. The van der Waals surface area contributed by atoms with E-state index >= 15 is 0 Å². The molecule has 0 saturated carbocycles. The lowest BCUT2D eigenvalue weighted by Gasteiger charge is -2.10. The summed E-state index contributed by atoms with van der Waals surface area (Å²) in [6, 6.07) is 15.8. The highest BCUT2D eigenvalue weighted by Crippen LogP contribution is 2.30. The maximum atomic E-state index is 12.3. The van der Waals surface area contributed by atoms with Gasteiger partial charge in [-0.05, 0) is 61.8 Å². The Morgan fingerprint density at radius 2 is 2.00 bits per heavy atom. The number of hydrogen-bond acceptors (Lipinski definition) is 5. The van der Waals surface area contributed by atoms with E-state index in [-0.39, 0.29) is 5.91 Å². The number of carbonyl (C=O) groups is 1. The van der Waals surface area contributed by atoms with Gasteiger partial charge in [-0.15, -0.1) is 0 Å². The van der Waals surface area contributed by atoms with Gasteiger partial charge >= 0.3 is 0 Å². The molecule has 0 saturated heterocycles. The SMILES string of the molecule is CN(C)CCn1cnc2ccc(/C=C3\SC(Nc4ccccc4)=NC3=O)cc21. The fourth-order valence-electron chi connectivity index (χ4n) is 2.91. The van der Waals surface area contributed by atoms with E-state index in [1.165, 1.54) is 11.8 Å². The van der Waals surface area contributed by atoms with Crippen molar-refractivity contribution in [2.75, 3.05) is 26.0 Å². The van der Waals surface area contributed by atoms with Crippen LogP contribution in [-0.4, -0.2) is 46.2 Å². The molecule has 0 fully saturated rings. The highest BCUT2D eigenvalue weighted by molar-refractivity contribution is 8.18. The van der Waals surface area contributed by atoms with Crippen LogP contribution in [0.15, 0.2) is 64.8 Å². The van der Waals surface area contributed by atoms with Crippen LogP contribution >= 0.6 is 11.8 Å². The summed E-state index contributed by atoms with van der Waals surface area (Å²) in [5.74, 6) is -0.218. The van der Waals surface area contributed by atoms with Gasteiger partial charge in [0.05, 0.1) is 22.3 Å². The minimum Gasteiger partial charge on any atom is -0.334 e. The summed E-state index contributed by atoms with van der Waals surface area (Å²) < 4.78 is 2.14. The number of benzene rings is 2. The first-order valence-corrected chi connectivity index (χ1v) is 9.84. The molecule has 1 N–H and O–H groups in total. The summed E-state index contributed by atoms with van der Waals surface area (Å²) >= 11 is 1.36. The van der Waals surface area contributed by atoms with E-state index < -0.39 is 0 Å². The number of nitrogens with one attached hydrogen (secondary N) is 1. The van der Waals surface area contributed by atoms with E-state index in [4.69, 9.17) is 0 Å². The first kappa shape index (κ1) is 18.5. The minimum absolute atomic E-state index is 0.218. The largest absolute Gasteiger partial charge is 0.334 e. The molecule has 0 aliphatic carbocycles. The van der Waals surface area contributed by atoms with Crippen molar-refractivity contribution in [2.24, 2.45) is 4.99 Å². The molecule has 1 aliphatic rings. The third kappa shape index (κ3) is 4.16. The van der Waals surface area contributed by atoms with Crippen molar-refractivity contribution in [3.63, 3.8) is 0 Å². The van der Waals surface area contributed by atoms with Gasteiger partial charge in [0, 0.05) is 18.8 Å². The van der Waals surface area contributed by atoms with Gasteiger partial charge < -0.3 is 14.8 Å². The lowest BCUT2D eigenvalue weighted by atomic mass is 10.2. The number of carbonyl (C=O) groups excluding carboxylic acids is 1. The topological polar surface area (TPSA) is 62.5 Å². The number of nitrogens with zero attached hydrogens (tertiary/aromatic N) is 4. The Balaban J connectivity index is 1.53. The van der Waals surface area contributed by atoms with Gasteiger partial charge in [-0.1, -0.05) is 24.3 Å². The first-order valence-electron chi connectivity index (χ1n) is 9.03. The first-order chi connectivity index (χ1) is 13.6. The Morgan fingerprint density at radius 3 is 2.79 bits per heavy atom. The number of thioether (sulfide) groups is 1. The number of anilines is 1. The van der Waals surface area contributed by atoms with Gasteiger partial charge in [0.1, 0.15) is 0 Å². The Kier molecular flexibility index (Phi) is 5.27. The van der Waals surface area contributed by atoms with Gasteiger partial charge in [-0.2, -0.15) is 4.99 Å². The van der Waals surface area contributed by atoms with Crippen LogP contribution in [0.25, 0.3) is 17.1 Å². The van der Waals surface area contributed by atoms with Crippen molar-refractivity contribution >= 4 is 45.6 Å².